The molecule has 0 bridgehead atoms. The Morgan fingerprint density at radius 1 is 1.29 bits per heavy atom. The van der Waals surface area contributed by atoms with Gasteiger partial charge in [-0.25, -0.2) is 0 Å². The van der Waals surface area contributed by atoms with Crippen molar-refractivity contribution in [2.45, 2.75) is 32.2 Å². The summed E-state index contributed by atoms with van der Waals surface area (Å²) >= 11 is 0. The van der Waals surface area contributed by atoms with Crippen molar-refractivity contribution in [3.8, 4) is 0 Å². The van der Waals surface area contributed by atoms with Gasteiger partial charge in [0.15, 0.2) is 5.69 Å². The molecule has 0 unspecified atom stereocenters. The Kier molecular flexibility index (Phi) is 4.88. The predicted molar refractivity (Wildman–Crippen MR) is 89.2 cm³/mol. The van der Waals surface area contributed by atoms with Crippen LogP contribution in [-0.4, -0.2) is 26.6 Å². The van der Waals surface area contributed by atoms with Gasteiger partial charge in [0, 0.05) is 25.2 Å². The Balaban J connectivity index is 1.60. The van der Waals surface area contributed by atoms with E-state index < -0.39 is 0 Å². The summed E-state index contributed by atoms with van der Waals surface area (Å²) in [6, 6.07) is 7.13. The smallest absolute Gasteiger partial charge is 0.272 e. The van der Waals surface area contributed by atoms with Crippen LogP contribution in [0.3, 0.4) is 0 Å². The highest BCUT2D eigenvalue weighted by Gasteiger charge is 2.24. The molecule has 24 heavy (non-hydrogen) atoms. The van der Waals surface area contributed by atoms with Gasteiger partial charge in [-0.3, -0.25) is 19.3 Å². The van der Waals surface area contributed by atoms with E-state index in [0.29, 0.717) is 12.4 Å². The van der Waals surface area contributed by atoms with Crippen LogP contribution < -0.4 is 10.6 Å². The third kappa shape index (κ3) is 3.79. The van der Waals surface area contributed by atoms with Crippen LogP contribution in [0.15, 0.2) is 30.5 Å². The summed E-state index contributed by atoms with van der Waals surface area (Å²) in [6.07, 6.45) is 5.75. The SMILES string of the molecule is Cn1nc(C(=O)NCc2ccccn2)cc1NC(=O)C1CCCC1. The number of hydrogen-bond donors (Lipinski definition) is 2. The molecule has 2 N–H and O–H groups in total. The molecule has 1 aliphatic carbocycles. The Morgan fingerprint density at radius 2 is 2.08 bits per heavy atom. The monoisotopic (exact) mass is 327 g/mol. The summed E-state index contributed by atoms with van der Waals surface area (Å²) in [5.41, 5.74) is 1.05. The maximum atomic E-state index is 12.2. The fourth-order valence-electron chi connectivity index (χ4n) is 2.88. The lowest BCUT2D eigenvalue weighted by Crippen LogP contribution is -2.23. The van der Waals surface area contributed by atoms with Crippen molar-refractivity contribution in [1.29, 1.82) is 0 Å². The molecule has 0 aromatic carbocycles. The minimum absolute atomic E-state index is 0.0101. The maximum absolute atomic E-state index is 12.2. The van der Waals surface area contributed by atoms with E-state index >= 15 is 0 Å². The number of nitrogens with one attached hydrogen (secondary N) is 2. The summed E-state index contributed by atoms with van der Waals surface area (Å²) in [5, 5.41) is 9.82. The van der Waals surface area contributed by atoms with E-state index in [0.717, 1.165) is 31.4 Å². The molecule has 0 radical (unpaired) electrons. The summed E-state index contributed by atoms with van der Waals surface area (Å²) in [6.45, 7) is 0.333. The number of carbonyl (C=O) groups is 2. The summed E-state index contributed by atoms with van der Waals surface area (Å²) in [4.78, 5) is 28.5. The Bertz CT molecular complexity index is 720. The molecule has 7 heteroatoms. The zero-order valence-corrected chi connectivity index (χ0v) is 13.7. The Labute approximate surface area is 140 Å². The van der Waals surface area contributed by atoms with E-state index in [2.05, 4.69) is 20.7 Å². The van der Waals surface area contributed by atoms with Crippen molar-refractivity contribution in [3.05, 3.63) is 41.9 Å². The highest BCUT2D eigenvalue weighted by Crippen LogP contribution is 2.26. The van der Waals surface area contributed by atoms with Gasteiger partial charge >= 0.3 is 0 Å². The van der Waals surface area contributed by atoms with Crippen molar-refractivity contribution in [3.63, 3.8) is 0 Å². The molecule has 2 aromatic rings. The highest BCUT2D eigenvalue weighted by atomic mass is 16.2. The van der Waals surface area contributed by atoms with Crippen molar-refractivity contribution in [2.75, 3.05) is 5.32 Å². The first-order valence-electron chi connectivity index (χ1n) is 8.16. The minimum Gasteiger partial charge on any atom is -0.345 e. The number of anilines is 1. The molecule has 2 amide bonds. The zero-order valence-electron chi connectivity index (χ0n) is 13.7. The number of carbonyl (C=O) groups excluding carboxylic acids is 2. The average Bonchev–Trinajstić information content (AvgIpc) is 3.24. The molecule has 126 valence electrons. The second-order valence-corrected chi connectivity index (χ2v) is 6.01. The van der Waals surface area contributed by atoms with Crippen LogP contribution in [0.4, 0.5) is 5.82 Å². The van der Waals surface area contributed by atoms with E-state index in [1.54, 1.807) is 19.3 Å². The topological polar surface area (TPSA) is 88.9 Å². The number of pyridine rings is 1. The second kappa shape index (κ2) is 7.25. The van der Waals surface area contributed by atoms with Crippen LogP contribution in [0.1, 0.15) is 41.9 Å². The Morgan fingerprint density at radius 3 is 2.79 bits per heavy atom. The lowest BCUT2D eigenvalue weighted by Gasteiger charge is -2.09. The van der Waals surface area contributed by atoms with Gasteiger partial charge in [-0.05, 0) is 25.0 Å². The molecule has 7 nitrogen and oxygen atoms in total. The number of aromatic nitrogens is 3. The number of amides is 2. The molecule has 2 aromatic heterocycles. The zero-order chi connectivity index (χ0) is 16.9. The van der Waals surface area contributed by atoms with Gasteiger partial charge in [0.1, 0.15) is 5.82 Å². The van der Waals surface area contributed by atoms with Crippen molar-refractivity contribution >= 4 is 17.6 Å². The molecule has 1 saturated carbocycles. The van der Waals surface area contributed by atoms with Crippen LogP contribution in [0.25, 0.3) is 0 Å². The molecule has 2 heterocycles. The molecule has 0 aliphatic heterocycles. The molecule has 0 spiro atoms. The average molecular weight is 327 g/mol. The van der Waals surface area contributed by atoms with Gasteiger partial charge in [-0.15, -0.1) is 0 Å². The first-order chi connectivity index (χ1) is 11.6. The third-order valence-corrected chi connectivity index (χ3v) is 4.25. The van der Waals surface area contributed by atoms with E-state index in [9.17, 15) is 9.59 Å². The van der Waals surface area contributed by atoms with Gasteiger partial charge in [-0.2, -0.15) is 5.10 Å². The van der Waals surface area contributed by atoms with E-state index in [-0.39, 0.29) is 23.4 Å². The van der Waals surface area contributed by atoms with E-state index in [1.165, 1.54) is 4.68 Å². The maximum Gasteiger partial charge on any atom is 0.272 e. The predicted octanol–water partition coefficient (Wildman–Crippen LogP) is 1.87. The standard InChI is InChI=1S/C17H21N5O2/c1-22-15(20-16(23)12-6-2-3-7-12)10-14(21-22)17(24)19-11-13-8-4-5-9-18-13/h4-5,8-10,12H,2-3,6-7,11H2,1H3,(H,19,24)(H,20,23). The number of aryl methyl sites for hydroxylation is 1. The molecule has 3 rings (SSSR count). The summed E-state index contributed by atoms with van der Waals surface area (Å²) in [5.74, 6) is 0.324. The molecule has 0 saturated heterocycles. The van der Waals surface area contributed by atoms with Gasteiger partial charge in [0.05, 0.1) is 12.2 Å². The van der Waals surface area contributed by atoms with Crippen molar-refractivity contribution in [2.24, 2.45) is 13.0 Å². The van der Waals surface area contributed by atoms with Crippen LogP contribution in [0, 0.1) is 5.92 Å². The third-order valence-electron chi connectivity index (χ3n) is 4.25. The lowest BCUT2D eigenvalue weighted by molar-refractivity contribution is -0.119. The fraction of sp³-hybridized carbons (Fsp3) is 0.412. The summed E-state index contributed by atoms with van der Waals surface area (Å²) < 4.78 is 1.52. The first kappa shape index (κ1) is 16.2. The van der Waals surface area contributed by atoms with E-state index in [1.807, 2.05) is 18.2 Å². The Hall–Kier alpha value is -2.70. The van der Waals surface area contributed by atoms with Gasteiger partial charge in [-0.1, -0.05) is 18.9 Å². The number of nitrogens with zero attached hydrogens (tertiary/aromatic N) is 3. The summed E-state index contributed by atoms with van der Waals surface area (Å²) in [7, 11) is 1.71. The van der Waals surface area contributed by atoms with E-state index in [4.69, 9.17) is 0 Å². The fourth-order valence-corrected chi connectivity index (χ4v) is 2.88. The van der Waals surface area contributed by atoms with Crippen LogP contribution in [-0.2, 0) is 18.4 Å². The lowest BCUT2D eigenvalue weighted by atomic mass is 10.1. The molecule has 1 aliphatic rings. The van der Waals surface area contributed by atoms with Crippen LogP contribution >= 0.6 is 0 Å². The minimum atomic E-state index is -0.294. The molecule has 1 fully saturated rings. The normalized spacial score (nSPS) is 14.5. The van der Waals surface area contributed by atoms with Crippen molar-refractivity contribution in [1.82, 2.24) is 20.1 Å². The number of hydrogen-bond acceptors (Lipinski definition) is 4. The quantitative estimate of drug-likeness (QED) is 0.877. The van der Waals surface area contributed by atoms with Gasteiger partial charge in [0.2, 0.25) is 5.91 Å². The van der Waals surface area contributed by atoms with Crippen LogP contribution in [0.2, 0.25) is 0 Å². The van der Waals surface area contributed by atoms with Gasteiger partial charge < -0.3 is 10.6 Å². The second-order valence-electron chi connectivity index (χ2n) is 6.01. The molecule has 0 atom stereocenters. The molecular weight excluding hydrogens is 306 g/mol. The van der Waals surface area contributed by atoms with Crippen molar-refractivity contribution < 1.29 is 9.59 Å². The highest BCUT2D eigenvalue weighted by molar-refractivity contribution is 5.96. The largest absolute Gasteiger partial charge is 0.345 e. The first-order valence-corrected chi connectivity index (χ1v) is 8.16. The van der Waals surface area contributed by atoms with Crippen LogP contribution in [0.5, 0.6) is 0 Å². The molecular formula is C17H21N5O2. The number of rotatable bonds is 5. The van der Waals surface area contributed by atoms with Gasteiger partial charge in [0.25, 0.3) is 5.91 Å².